The molecule has 1 aliphatic heterocycles. The van der Waals surface area contributed by atoms with Crippen LogP contribution in [0.3, 0.4) is 0 Å². The Bertz CT molecular complexity index is 1170. The van der Waals surface area contributed by atoms with Crippen molar-refractivity contribution in [3.8, 4) is 0 Å². The van der Waals surface area contributed by atoms with Crippen LogP contribution in [-0.2, 0) is 16.8 Å². The average Bonchev–Trinajstić information content (AvgIpc) is 3.15. The molecule has 3 aromatic rings. The zero-order valence-electron chi connectivity index (χ0n) is 16.1. The number of nitrogens with zero attached hydrogens (tertiary/aromatic N) is 4. The van der Waals surface area contributed by atoms with Gasteiger partial charge in [0.1, 0.15) is 11.5 Å². The minimum Gasteiger partial charge on any atom is -0.369 e. The Kier molecular flexibility index (Phi) is 4.41. The second kappa shape index (κ2) is 6.80. The maximum Gasteiger partial charge on any atom is 0.231 e. The van der Waals surface area contributed by atoms with Crippen molar-refractivity contribution in [2.24, 2.45) is 10.7 Å². The standard InChI is InChI=1S/C21H20FN5O2/c1-21(11-19(29)26(2)20(23)25-21)15-8-13(5-6-16(15)22)9-18(28)17-10-14-4-3-7-27(14)12-24-17/h3-8,10,12H,9,11H2,1-2H3,(H2,23,25). The third-order valence-corrected chi connectivity index (χ3v) is 5.25. The Hall–Kier alpha value is -3.55. The molecular formula is C21H20FN5O2. The quantitative estimate of drug-likeness (QED) is 0.689. The van der Waals surface area contributed by atoms with Gasteiger partial charge >= 0.3 is 0 Å². The van der Waals surface area contributed by atoms with Crippen LogP contribution in [0.1, 0.15) is 35.0 Å². The monoisotopic (exact) mass is 393 g/mol. The summed E-state index contributed by atoms with van der Waals surface area (Å²) in [6, 6.07) is 9.90. The first-order valence-corrected chi connectivity index (χ1v) is 9.13. The topological polar surface area (TPSA) is 93.1 Å². The molecular weight excluding hydrogens is 373 g/mol. The summed E-state index contributed by atoms with van der Waals surface area (Å²) in [5.74, 6) is -0.885. The molecule has 1 amide bonds. The van der Waals surface area contributed by atoms with E-state index in [-0.39, 0.29) is 36.1 Å². The average molecular weight is 393 g/mol. The third-order valence-electron chi connectivity index (χ3n) is 5.25. The van der Waals surface area contributed by atoms with E-state index in [9.17, 15) is 14.0 Å². The molecule has 7 nitrogen and oxygen atoms in total. The summed E-state index contributed by atoms with van der Waals surface area (Å²) < 4.78 is 16.4. The number of nitrogens with two attached hydrogens (primary N) is 1. The number of amides is 1. The molecule has 1 aromatic carbocycles. The van der Waals surface area contributed by atoms with E-state index in [2.05, 4.69) is 9.98 Å². The fourth-order valence-electron chi connectivity index (χ4n) is 3.52. The van der Waals surface area contributed by atoms with E-state index in [4.69, 9.17) is 5.73 Å². The van der Waals surface area contributed by atoms with Crippen molar-refractivity contribution in [1.29, 1.82) is 0 Å². The van der Waals surface area contributed by atoms with Crippen molar-refractivity contribution >= 4 is 23.2 Å². The number of guanidine groups is 1. The highest BCUT2D eigenvalue weighted by Crippen LogP contribution is 2.35. The Balaban J connectivity index is 1.64. The summed E-state index contributed by atoms with van der Waals surface area (Å²) in [5.41, 5.74) is 6.76. The van der Waals surface area contributed by atoms with Crippen LogP contribution < -0.4 is 5.73 Å². The van der Waals surface area contributed by atoms with E-state index in [1.807, 2.05) is 22.7 Å². The molecule has 29 heavy (non-hydrogen) atoms. The highest BCUT2D eigenvalue weighted by Gasteiger charge is 2.38. The lowest BCUT2D eigenvalue weighted by atomic mass is 9.85. The third kappa shape index (κ3) is 3.37. The van der Waals surface area contributed by atoms with E-state index in [0.29, 0.717) is 11.3 Å². The van der Waals surface area contributed by atoms with Crippen LogP contribution in [0.15, 0.2) is 53.9 Å². The second-order valence-corrected chi connectivity index (χ2v) is 7.40. The number of carbonyl (C=O) groups is 2. The van der Waals surface area contributed by atoms with E-state index in [1.165, 1.54) is 18.0 Å². The molecule has 3 heterocycles. The summed E-state index contributed by atoms with van der Waals surface area (Å²) in [5, 5.41) is 0. The first-order valence-electron chi connectivity index (χ1n) is 9.13. The molecule has 0 bridgehead atoms. The molecule has 148 valence electrons. The van der Waals surface area contributed by atoms with E-state index >= 15 is 0 Å². The summed E-state index contributed by atoms with van der Waals surface area (Å²) in [6.45, 7) is 1.66. The first kappa shape index (κ1) is 18.8. The van der Waals surface area contributed by atoms with Crippen molar-refractivity contribution in [3.63, 3.8) is 0 Å². The van der Waals surface area contributed by atoms with Crippen LogP contribution in [0.5, 0.6) is 0 Å². The van der Waals surface area contributed by atoms with Gasteiger partial charge in [-0.15, -0.1) is 0 Å². The largest absolute Gasteiger partial charge is 0.369 e. The summed E-state index contributed by atoms with van der Waals surface area (Å²) in [4.78, 5) is 34.7. The summed E-state index contributed by atoms with van der Waals surface area (Å²) in [7, 11) is 1.53. The lowest BCUT2D eigenvalue weighted by Crippen LogP contribution is -2.47. The number of ketones is 1. The van der Waals surface area contributed by atoms with Crippen molar-refractivity contribution in [2.45, 2.75) is 25.3 Å². The SMILES string of the molecule is CN1C(=O)CC(C)(c2cc(CC(=O)c3cc4cccn4cn3)ccc2F)N=C1N. The molecule has 2 N–H and O–H groups in total. The number of fused-ring (bicyclic) bond motifs is 1. The van der Waals surface area contributed by atoms with E-state index in [0.717, 1.165) is 5.52 Å². The maximum atomic E-state index is 14.6. The molecule has 0 radical (unpaired) electrons. The van der Waals surface area contributed by atoms with Crippen molar-refractivity contribution in [3.05, 3.63) is 71.6 Å². The zero-order chi connectivity index (χ0) is 20.8. The van der Waals surface area contributed by atoms with Gasteiger partial charge in [0.05, 0.1) is 18.3 Å². The van der Waals surface area contributed by atoms with E-state index < -0.39 is 11.4 Å². The number of aliphatic imine (C=N–C) groups is 1. The van der Waals surface area contributed by atoms with Crippen LogP contribution in [0.25, 0.3) is 5.52 Å². The smallest absolute Gasteiger partial charge is 0.231 e. The van der Waals surface area contributed by atoms with Gasteiger partial charge < -0.3 is 10.1 Å². The highest BCUT2D eigenvalue weighted by atomic mass is 19.1. The molecule has 1 unspecified atom stereocenters. The Morgan fingerprint density at radius 1 is 1.31 bits per heavy atom. The fourth-order valence-corrected chi connectivity index (χ4v) is 3.52. The van der Waals surface area contributed by atoms with Gasteiger partial charge in [-0.25, -0.2) is 14.4 Å². The molecule has 2 aromatic heterocycles. The molecule has 0 saturated carbocycles. The van der Waals surface area contributed by atoms with Crippen molar-refractivity contribution in [2.75, 3.05) is 7.05 Å². The second-order valence-electron chi connectivity index (χ2n) is 7.40. The van der Waals surface area contributed by atoms with Gasteiger partial charge in [0.15, 0.2) is 11.7 Å². The highest BCUT2D eigenvalue weighted by molar-refractivity contribution is 5.99. The van der Waals surface area contributed by atoms with Crippen LogP contribution in [0.4, 0.5) is 4.39 Å². The van der Waals surface area contributed by atoms with Gasteiger partial charge in [0, 0.05) is 30.7 Å². The van der Waals surface area contributed by atoms with Crippen molar-refractivity contribution in [1.82, 2.24) is 14.3 Å². The number of hydrogen-bond acceptors (Lipinski definition) is 5. The van der Waals surface area contributed by atoms with Gasteiger partial charge in [-0.2, -0.15) is 0 Å². The lowest BCUT2D eigenvalue weighted by Gasteiger charge is -2.34. The fraction of sp³-hybridized carbons (Fsp3) is 0.238. The molecule has 0 saturated heterocycles. The molecule has 1 aliphatic rings. The van der Waals surface area contributed by atoms with Crippen molar-refractivity contribution < 1.29 is 14.0 Å². The van der Waals surface area contributed by atoms with Crippen LogP contribution in [0.2, 0.25) is 0 Å². The summed E-state index contributed by atoms with van der Waals surface area (Å²) in [6.07, 6.45) is 3.48. The molecule has 8 heteroatoms. The Labute approximate surface area is 166 Å². The number of aromatic nitrogens is 2. The Morgan fingerprint density at radius 3 is 2.86 bits per heavy atom. The van der Waals surface area contributed by atoms with Gasteiger partial charge in [-0.3, -0.25) is 14.5 Å². The number of hydrogen-bond donors (Lipinski definition) is 1. The number of carbonyl (C=O) groups excluding carboxylic acids is 2. The number of rotatable bonds is 4. The van der Waals surface area contributed by atoms with Crippen LogP contribution in [0, 0.1) is 5.82 Å². The molecule has 0 aliphatic carbocycles. The van der Waals surface area contributed by atoms with E-state index in [1.54, 1.807) is 31.5 Å². The maximum absolute atomic E-state index is 14.6. The number of benzene rings is 1. The molecule has 0 spiro atoms. The van der Waals surface area contributed by atoms with Gasteiger partial charge in [-0.1, -0.05) is 6.07 Å². The van der Waals surface area contributed by atoms with Gasteiger partial charge in [0.25, 0.3) is 0 Å². The predicted octanol–water partition coefficient (Wildman–Crippen LogP) is 2.29. The van der Waals surface area contributed by atoms with Gasteiger partial charge in [0.2, 0.25) is 5.91 Å². The Morgan fingerprint density at radius 2 is 2.10 bits per heavy atom. The minimum atomic E-state index is -1.13. The first-order chi connectivity index (χ1) is 13.8. The lowest BCUT2D eigenvalue weighted by molar-refractivity contribution is -0.128. The molecule has 1 atom stereocenters. The summed E-state index contributed by atoms with van der Waals surface area (Å²) >= 11 is 0. The normalized spacial score (nSPS) is 19.5. The number of Topliss-reactive ketones (excluding diaryl/α,β-unsaturated/α-hetero) is 1. The van der Waals surface area contributed by atoms with Crippen LogP contribution in [-0.4, -0.2) is 39.0 Å². The minimum absolute atomic E-state index is 0.00897. The van der Waals surface area contributed by atoms with Crippen LogP contribution >= 0.6 is 0 Å². The molecule has 0 fully saturated rings. The zero-order valence-corrected chi connectivity index (χ0v) is 16.1. The van der Waals surface area contributed by atoms with Gasteiger partial charge in [-0.05, 0) is 42.8 Å². The predicted molar refractivity (Wildman–Crippen MR) is 106 cm³/mol. The molecule has 4 rings (SSSR count). The number of halogens is 1.